The Bertz CT molecular complexity index is 727. The van der Waals surface area contributed by atoms with Gasteiger partial charge in [-0.25, -0.2) is 4.79 Å². The summed E-state index contributed by atoms with van der Waals surface area (Å²) in [5.74, 6) is -0.716. The molecule has 1 amide bonds. The normalized spacial score (nSPS) is 10.7. The molecular formula is C12H13N3O3. The summed E-state index contributed by atoms with van der Waals surface area (Å²) in [5, 5.41) is 0.403. The Labute approximate surface area is 102 Å². The van der Waals surface area contributed by atoms with E-state index in [2.05, 4.69) is 0 Å². The maximum absolute atomic E-state index is 12.1. The highest BCUT2D eigenvalue weighted by Crippen LogP contribution is 2.06. The lowest BCUT2D eigenvalue weighted by molar-refractivity contribution is -0.118. The summed E-state index contributed by atoms with van der Waals surface area (Å²) in [4.78, 5) is 35.1. The van der Waals surface area contributed by atoms with Crippen LogP contribution in [0, 0.1) is 0 Å². The molecule has 0 aliphatic heterocycles. The molecule has 0 saturated carbocycles. The summed E-state index contributed by atoms with van der Waals surface area (Å²) >= 11 is 0. The van der Waals surface area contributed by atoms with E-state index in [0.717, 1.165) is 4.57 Å². The van der Waals surface area contributed by atoms with Crippen molar-refractivity contribution in [3.8, 4) is 0 Å². The van der Waals surface area contributed by atoms with Gasteiger partial charge in [-0.05, 0) is 19.1 Å². The van der Waals surface area contributed by atoms with Crippen LogP contribution in [-0.2, 0) is 17.9 Å². The zero-order valence-electron chi connectivity index (χ0n) is 9.92. The molecule has 18 heavy (non-hydrogen) atoms. The first-order valence-electron chi connectivity index (χ1n) is 5.57. The van der Waals surface area contributed by atoms with Crippen LogP contribution in [-0.4, -0.2) is 15.0 Å². The van der Waals surface area contributed by atoms with Crippen molar-refractivity contribution in [2.75, 3.05) is 0 Å². The lowest BCUT2D eigenvalue weighted by Crippen LogP contribution is -2.42. The number of carbonyl (C=O) groups is 1. The molecule has 1 aromatic carbocycles. The van der Waals surface area contributed by atoms with E-state index >= 15 is 0 Å². The van der Waals surface area contributed by atoms with Crippen molar-refractivity contribution in [2.24, 2.45) is 5.73 Å². The van der Waals surface area contributed by atoms with Crippen molar-refractivity contribution in [1.82, 2.24) is 9.13 Å². The summed E-state index contributed by atoms with van der Waals surface area (Å²) in [5.41, 5.74) is 4.62. The Morgan fingerprint density at radius 1 is 1.22 bits per heavy atom. The largest absolute Gasteiger partial charge is 0.368 e. The van der Waals surface area contributed by atoms with E-state index in [1.807, 2.05) is 0 Å². The fraction of sp³-hybridized carbons (Fsp3) is 0.250. The Kier molecular flexibility index (Phi) is 3.01. The van der Waals surface area contributed by atoms with Crippen molar-refractivity contribution in [1.29, 1.82) is 0 Å². The van der Waals surface area contributed by atoms with Gasteiger partial charge in [-0.15, -0.1) is 0 Å². The number of primary amides is 1. The highest BCUT2D eigenvalue weighted by molar-refractivity contribution is 5.78. The Morgan fingerprint density at radius 2 is 1.89 bits per heavy atom. The average molecular weight is 247 g/mol. The van der Waals surface area contributed by atoms with Crippen molar-refractivity contribution in [2.45, 2.75) is 20.0 Å². The second-order valence-corrected chi connectivity index (χ2v) is 3.90. The van der Waals surface area contributed by atoms with Crippen LogP contribution >= 0.6 is 0 Å². The fourth-order valence-electron chi connectivity index (χ4n) is 1.97. The molecule has 0 unspecified atom stereocenters. The predicted molar refractivity (Wildman–Crippen MR) is 67.3 cm³/mol. The molecule has 0 spiro atoms. The minimum atomic E-state index is -0.716. The second-order valence-electron chi connectivity index (χ2n) is 3.90. The lowest BCUT2D eigenvalue weighted by Gasteiger charge is -2.11. The van der Waals surface area contributed by atoms with Crippen LogP contribution in [0.3, 0.4) is 0 Å². The number of hydrogen-bond acceptors (Lipinski definition) is 3. The third-order valence-corrected chi connectivity index (χ3v) is 2.76. The van der Waals surface area contributed by atoms with Crippen molar-refractivity contribution in [3.05, 3.63) is 45.1 Å². The van der Waals surface area contributed by atoms with Gasteiger partial charge in [0, 0.05) is 6.54 Å². The highest BCUT2D eigenvalue weighted by Gasteiger charge is 2.12. The van der Waals surface area contributed by atoms with Gasteiger partial charge < -0.3 is 5.73 Å². The van der Waals surface area contributed by atoms with Crippen LogP contribution in [0.2, 0.25) is 0 Å². The van der Waals surface area contributed by atoms with Gasteiger partial charge in [-0.2, -0.15) is 0 Å². The maximum Gasteiger partial charge on any atom is 0.331 e. The molecule has 1 aromatic heterocycles. The standard InChI is InChI=1S/C12H13N3O3/c1-2-14-9-6-4-3-5-8(9)11(17)15(12(14)18)7-10(13)16/h3-6H,2,7H2,1H3,(H2,13,16). The molecule has 0 aliphatic rings. The van der Waals surface area contributed by atoms with Gasteiger partial charge in [-0.3, -0.25) is 18.7 Å². The van der Waals surface area contributed by atoms with E-state index in [9.17, 15) is 14.4 Å². The minimum absolute atomic E-state index is 0.400. The summed E-state index contributed by atoms with van der Waals surface area (Å²) in [7, 11) is 0. The van der Waals surface area contributed by atoms with Crippen LogP contribution in [0.5, 0.6) is 0 Å². The van der Waals surface area contributed by atoms with E-state index in [0.29, 0.717) is 17.4 Å². The van der Waals surface area contributed by atoms with Crippen LogP contribution in [0.25, 0.3) is 10.9 Å². The molecule has 0 fully saturated rings. The molecule has 0 bridgehead atoms. The fourth-order valence-corrected chi connectivity index (χ4v) is 1.97. The van der Waals surface area contributed by atoms with Gasteiger partial charge in [0.05, 0.1) is 10.9 Å². The third-order valence-electron chi connectivity index (χ3n) is 2.76. The second kappa shape index (κ2) is 4.48. The molecule has 1 heterocycles. The number of aromatic nitrogens is 2. The number of benzene rings is 1. The van der Waals surface area contributed by atoms with E-state index < -0.39 is 23.7 Å². The number of amides is 1. The smallest absolute Gasteiger partial charge is 0.331 e. The van der Waals surface area contributed by atoms with E-state index in [-0.39, 0.29) is 0 Å². The maximum atomic E-state index is 12.1. The number of rotatable bonds is 3. The quantitative estimate of drug-likeness (QED) is 0.805. The number of aryl methyl sites for hydroxylation is 1. The van der Waals surface area contributed by atoms with Crippen LogP contribution in [0.1, 0.15) is 6.92 Å². The Balaban J connectivity index is 2.92. The number of para-hydroxylation sites is 1. The molecule has 0 aliphatic carbocycles. The first-order chi connectivity index (χ1) is 8.56. The van der Waals surface area contributed by atoms with Gasteiger partial charge in [0.25, 0.3) is 5.56 Å². The molecule has 94 valence electrons. The number of fused-ring (bicyclic) bond motifs is 1. The molecule has 0 saturated heterocycles. The Morgan fingerprint density at radius 3 is 2.50 bits per heavy atom. The van der Waals surface area contributed by atoms with Crippen LogP contribution in [0.15, 0.2) is 33.9 Å². The summed E-state index contributed by atoms with van der Waals surface area (Å²) in [6.45, 7) is 1.81. The van der Waals surface area contributed by atoms with E-state index in [4.69, 9.17) is 5.73 Å². The van der Waals surface area contributed by atoms with Crippen molar-refractivity contribution in [3.63, 3.8) is 0 Å². The molecule has 2 N–H and O–H groups in total. The zero-order chi connectivity index (χ0) is 13.3. The Hall–Kier alpha value is -2.37. The van der Waals surface area contributed by atoms with Gasteiger partial charge in [-0.1, -0.05) is 12.1 Å². The van der Waals surface area contributed by atoms with Crippen LogP contribution < -0.4 is 17.0 Å². The average Bonchev–Trinajstić information content (AvgIpc) is 2.35. The van der Waals surface area contributed by atoms with Gasteiger partial charge >= 0.3 is 5.69 Å². The van der Waals surface area contributed by atoms with Gasteiger partial charge in [0.15, 0.2) is 0 Å². The third kappa shape index (κ3) is 1.81. The minimum Gasteiger partial charge on any atom is -0.368 e. The molecule has 0 atom stereocenters. The van der Waals surface area contributed by atoms with Crippen molar-refractivity contribution < 1.29 is 4.79 Å². The molecule has 0 radical (unpaired) electrons. The van der Waals surface area contributed by atoms with Crippen LogP contribution in [0.4, 0.5) is 0 Å². The summed E-state index contributed by atoms with van der Waals surface area (Å²) in [6.07, 6.45) is 0. The molecule has 6 heteroatoms. The zero-order valence-corrected chi connectivity index (χ0v) is 9.92. The van der Waals surface area contributed by atoms with E-state index in [1.54, 1.807) is 31.2 Å². The molecule has 2 aromatic rings. The number of nitrogens with two attached hydrogens (primary N) is 1. The summed E-state index contributed by atoms with van der Waals surface area (Å²) < 4.78 is 2.31. The topological polar surface area (TPSA) is 87.1 Å². The molecule has 6 nitrogen and oxygen atoms in total. The number of hydrogen-bond donors (Lipinski definition) is 1. The lowest BCUT2D eigenvalue weighted by atomic mass is 10.2. The number of carbonyl (C=O) groups excluding carboxylic acids is 1. The molecule has 2 rings (SSSR count). The first kappa shape index (κ1) is 12.1. The van der Waals surface area contributed by atoms with E-state index in [1.165, 1.54) is 4.57 Å². The SMILES string of the molecule is CCn1c(=O)n(CC(N)=O)c(=O)c2ccccc21. The monoisotopic (exact) mass is 247 g/mol. The predicted octanol–water partition coefficient (Wildman–Crippen LogP) is -0.332. The van der Waals surface area contributed by atoms with Crippen molar-refractivity contribution >= 4 is 16.8 Å². The molecular weight excluding hydrogens is 234 g/mol. The number of nitrogens with zero attached hydrogens (tertiary/aromatic N) is 2. The summed E-state index contributed by atoms with van der Waals surface area (Å²) in [6, 6.07) is 6.80. The first-order valence-corrected chi connectivity index (χ1v) is 5.57. The van der Waals surface area contributed by atoms with Gasteiger partial charge in [0.2, 0.25) is 5.91 Å². The van der Waals surface area contributed by atoms with Gasteiger partial charge in [0.1, 0.15) is 6.54 Å². The highest BCUT2D eigenvalue weighted by atomic mass is 16.2.